The van der Waals surface area contributed by atoms with Gasteiger partial charge in [-0.05, 0) is 56.4 Å². The largest absolute Gasteiger partial charge is 0.315 e. The molecular weight excluding hydrogens is 248 g/mol. The Balaban J connectivity index is 2.37. The van der Waals surface area contributed by atoms with Gasteiger partial charge in [-0.15, -0.1) is 0 Å². The molecule has 4 nitrogen and oxygen atoms in total. The van der Waals surface area contributed by atoms with Gasteiger partial charge in [0.2, 0.25) is 10.0 Å². The van der Waals surface area contributed by atoms with Gasteiger partial charge in [0, 0.05) is 6.54 Å². The van der Waals surface area contributed by atoms with Gasteiger partial charge < -0.3 is 5.73 Å². The zero-order valence-electron chi connectivity index (χ0n) is 10.9. The molecule has 2 N–H and O–H groups in total. The van der Waals surface area contributed by atoms with Crippen LogP contribution in [0.3, 0.4) is 0 Å². The van der Waals surface area contributed by atoms with Gasteiger partial charge in [-0.1, -0.05) is 6.07 Å². The van der Waals surface area contributed by atoms with E-state index in [1.807, 2.05) is 19.9 Å². The van der Waals surface area contributed by atoms with E-state index in [2.05, 4.69) is 0 Å². The van der Waals surface area contributed by atoms with Crippen molar-refractivity contribution in [1.82, 2.24) is 4.31 Å². The molecule has 100 valence electrons. The van der Waals surface area contributed by atoms with Crippen LogP contribution in [0.2, 0.25) is 0 Å². The molecule has 2 rings (SSSR count). The molecule has 1 aliphatic rings. The molecule has 1 atom stereocenters. The van der Waals surface area contributed by atoms with Crippen molar-refractivity contribution in [2.75, 3.05) is 6.54 Å². The molecule has 0 bridgehead atoms. The van der Waals surface area contributed by atoms with E-state index in [1.165, 1.54) is 4.31 Å². The first-order chi connectivity index (χ1) is 8.43. The lowest BCUT2D eigenvalue weighted by molar-refractivity contribution is 0.258. The predicted octanol–water partition coefficient (Wildman–Crippen LogP) is 1.76. The summed E-state index contributed by atoms with van der Waals surface area (Å²) in [5, 5.41) is 0. The molecule has 0 amide bonds. The highest BCUT2D eigenvalue weighted by Crippen LogP contribution is 2.24. The van der Waals surface area contributed by atoms with Crippen molar-refractivity contribution in [2.45, 2.75) is 44.2 Å². The summed E-state index contributed by atoms with van der Waals surface area (Å²) < 4.78 is 26.4. The van der Waals surface area contributed by atoms with E-state index < -0.39 is 10.0 Å². The smallest absolute Gasteiger partial charge is 0.244 e. The Morgan fingerprint density at radius 1 is 1.22 bits per heavy atom. The second kappa shape index (κ2) is 4.99. The van der Waals surface area contributed by atoms with E-state index in [-0.39, 0.29) is 6.17 Å². The van der Waals surface area contributed by atoms with E-state index in [0.717, 1.165) is 30.4 Å². The number of hydrogen-bond donors (Lipinski definition) is 1. The van der Waals surface area contributed by atoms with Crippen molar-refractivity contribution in [3.8, 4) is 0 Å². The molecule has 0 radical (unpaired) electrons. The molecule has 1 unspecified atom stereocenters. The number of sulfonamides is 1. The van der Waals surface area contributed by atoms with Crippen LogP contribution in [0.25, 0.3) is 0 Å². The van der Waals surface area contributed by atoms with Crippen LogP contribution in [-0.4, -0.2) is 25.4 Å². The minimum atomic E-state index is -3.44. The van der Waals surface area contributed by atoms with Crippen LogP contribution in [0, 0.1) is 13.8 Å². The van der Waals surface area contributed by atoms with Crippen molar-refractivity contribution in [2.24, 2.45) is 5.73 Å². The summed E-state index contributed by atoms with van der Waals surface area (Å²) in [6.07, 6.45) is 2.24. The third-order valence-corrected chi connectivity index (χ3v) is 5.50. The van der Waals surface area contributed by atoms with Gasteiger partial charge in [0.1, 0.15) is 0 Å². The van der Waals surface area contributed by atoms with Gasteiger partial charge in [0.05, 0.1) is 11.1 Å². The highest BCUT2D eigenvalue weighted by molar-refractivity contribution is 7.89. The minimum absolute atomic E-state index is 0.350. The molecule has 1 aliphatic heterocycles. The van der Waals surface area contributed by atoms with Gasteiger partial charge in [-0.25, -0.2) is 8.42 Å². The molecule has 1 heterocycles. The molecule has 1 saturated heterocycles. The van der Waals surface area contributed by atoms with Crippen molar-refractivity contribution < 1.29 is 8.42 Å². The van der Waals surface area contributed by atoms with Gasteiger partial charge in [-0.2, -0.15) is 4.31 Å². The third-order valence-electron chi connectivity index (χ3n) is 3.58. The zero-order valence-corrected chi connectivity index (χ0v) is 11.7. The SMILES string of the molecule is Cc1ccc(S(=O)(=O)N2CCCCC2N)cc1C. The van der Waals surface area contributed by atoms with E-state index in [4.69, 9.17) is 5.73 Å². The first-order valence-electron chi connectivity index (χ1n) is 6.27. The van der Waals surface area contributed by atoms with Crippen LogP contribution >= 0.6 is 0 Å². The summed E-state index contributed by atoms with van der Waals surface area (Å²) in [6, 6.07) is 5.24. The summed E-state index contributed by atoms with van der Waals surface area (Å²) in [6.45, 7) is 4.42. The average molecular weight is 268 g/mol. The molecule has 1 aromatic carbocycles. The number of hydrogen-bond acceptors (Lipinski definition) is 3. The normalized spacial score (nSPS) is 22.1. The number of nitrogens with two attached hydrogens (primary N) is 1. The number of piperidine rings is 1. The van der Waals surface area contributed by atoms with Crippen molar-refractivity contribution in [3.63, 3.8) is 0 Å². The second-order valence-corrected chi connectivity index (χ2v) is 6.82. The monoisotopic (exact) mass is 268 g/mol. The lowest BCUT2D eigenvalue weighted by Crippen LogP contribution is -2.48. The van der Waals surface area contributed by atoms with Gasteiger partial charge in [-0.3, -0.25) is 0 Å². The molecular formula is C13H20N2O2S. The van der Waals surface area contributed by atoms with Gasteiger partial charge in [0.25, 0.3) is 0 Å². The van der Waals surface area contributed by atoms with Gasteiger partial charge in [0.15, 0.2) is 0 Å². The van der Waals surface area contributed by atoms with E-state index >= 15 is 0 Å². The molecule has 0 spiro atoms. The summed E-state index contributed by atoms with van der Waals surface area (Å²) in [4.78, 5) is 0.350. The molecule has 0 saturated carbocycles. The Bertz CT molecular complexity index is 540. The van der Waals surface area contributed by atoms with Crippen LogP contribution in [0.5, 0.6) is 0 Å². The van der Waals surface area contributed by atoms with Crippen LogP contribution in [0.15, 0.2) is 23.1 Å². The number of nitrogens with zero attached hydrogens (tertiary/aromatic N) is 1. The molecule has 18 heavy (non-hydrogen) atoms. The fraction of sp³-hybridized carbons (Fsp3) is 0.538. The van der Waals surface area contributed by atoms with E-state index in [1.54, 1.807) is 12.1 Å². The first kappa shape index (κ1) is 13.5. The summed E-state index contributed by atoms with van der Waals surface area (Å²) in [7, 11) is -3.44. The summed E-state index contributed by atoms with van der Waals surface area (Å²) >= 11 is 0. The predicted molar refractivity (Wildman–Crippen MR) is 71.6 cm³/mol. The summed E-state index contributed by atoms with van der Waals surface area (Å²) in [5.41, 5.74) is 8.00. The minimum Gasteiger partial charge on any atom is -0.315 e. The fourth-order valence-corrected chi connectivity index (χ4v) is 3.91. The molecule has 1 aromatic rings. The average Bonchev–Trinajstić information content (AvgIpc) is 2.33. The van der Waals surface area contributed by atoms with Crippen molar-refractivity contribution in [1.29, 1.82) is 0 Å². The standard InChI is InChI=1S/C13H20N2O2S/c1-10-6-7-12(9-11(10)2)18(16,17)15-8-4-3-5-13(15)14/h6-7,9,13H,3-5,8,14H2,1-2H3. The van der Waals surface area contributed by atoms with E-state index in [9.17, 15) is 8.42 Å². The quantitative estimate of drug-likeness (QED) is 0.889. The number of aryl methyl sites for hydroxylation is 2. The lowest BCUT2D eigenvalue weighted by atomic mass is 10.1. The Kier molecular flexibility index (Phi) is 3.75. The van der Waals surface area contributed by atoms with Crippen LogP contribution in [-0.2, 0) is 10.0 Å². The third kappa shape index (κ3) is 2.43. The van der Waals surface area contributed by atoms with Crippen LogP contribution in [0.4, 0.5) is 0 Å². The molecule has 0 aromatic heterocycles. The molecule has 1 fully saturated rings. The Morgan fingerprint density at radius 2 is 1.94 bits per heavy atom. The Labute approximate surface area is 109 Å². The topological polar surface area (TPSA) is 63.4 Å². The lowest BCUT2D eigenvalue weighted by Gasteiger charge is -2.32. The van der Waals surface area contributed by atoms with Crippen LogP contribution < -0.4 is 5.73 Å². The Morgan fingerprint density at radius 3 is 2.56 bits per heavy atom. The van der Waals surface area contributed by atoms with Crippen LogP contribution in [0.1, 0.15) is 30.4 Å². The van der Waals surface area contributed by atoms with Gasteiger partial charge >= 0.3 is 0 Å². The highest BCUT2D eigenvalue weighted by atomic mass is 32.2. The fourth-order valence-electron chi connectivity index (χ4n) is 2.24. The van der Waals surface area contributed by atoms with E-state index in [0.29, 0.717) is 11.4 Å². The maximum Gasteiger partial charge on any atom is 0.244 e. The molecule has 0 aliphatic carbocycles. The maximum absolute atomic E-state index is 12.5. The van der Waals surface area contributed by atoms with Crippen molar-refractivity contribution >= 4 is 10.0 Å². The summed E-state index contributed by atoms with van der Waals surface area (Å²) in [5.74, 6) is 0. The van der Waals surface area contributed by atoms with Crippen molar-refractivity contribution in [3.05, 3.63) is 29.3 Å². The Hall–Kier alpha value is -0.910. The second-order valence-electron chi connectivity index (χ2n) is 4.92. The highest BCUT2D eigenvalue weighted by Gasteiger charge is 2.31. The number of benzene rings is 1. The molecule has 5 heteroatoms. The maximum atomic E-state index is 12.5. The zero-order chi connectivity index (χ0) is 13.3. The number of rotatable bonds is 2. The first-order valence-corrected chi connectivity index (χ1v) is 7.71.